The number of aromatic nitrogens is 5. The van der Waals surface area contributed by atoms with Crippen molar-refractivity contribution in [2.24, 2.45) is 7.05 Å². The number of rotatable bonds is 5. The first kappa shape index (κ1) is 16.6. The predicted octanol–water partition coefficient (Wildman–Crippen LogP) is 3.88. The SMILES string of the molecule is COc1cccc(-c2nc(C(C)Sc3nc4ncccc4n3C)no2)c1. The Kier molecular flexibility index (Phi) is 4.34. The average Bonchev–Trinajstić information content (AvgIpc) is 3.28. The molecular weight excluding hydrogens is 350 g/mol. The predicted molar refractivity (Wildman–Crippen MR) is 99.1 cm³/mol. The van der Waals surface area contributed by atoms with E-state index in [0.29, 0.717) is 11.7 Å². The van der Waals surface area contributed by atoms with Gasteiger partial charge in [0, 0.05) is 18.8 Å². The highest BCUT2D eigenvalue weighted by atomic mass is 32.2. The van der Waals surface area contributed by atoms with E-state index >= 15 is 0 Å². The number of ether oxygens (including phenoxy) is 1. The van der Waals surface area contributed by atoms with Crippen LogP contribution in [0.5, 0.6) is 5.75 Å². The second-order valence-corrected chi connectivity index (χ2v) is 7.06. The minimum Gasteiger partial charge on any atom is -0.497 e. The number of methoxy groups -OCH3 is 1. The van der Waals surface area contributed by atoms with Crippen LogP contribution >= 0.6 is 11.8 Å². The summed E-state index contributed by atoms with van der Waals surface area (Å²) in [6.07, 6.45) is 1.74. The van der Waals surface area contributed by atoms with Crippen LogP contribution in [0.25, 0.3) is 22.6 Å². The summed E-state index contributed by atoms with van der Waals surface area (Å²) in [7, 11) is 3.60. The van der Waals surface area contributed by atoms with Gasteiger partial charge in [0.2, 0.25) is 0 Å². The zero-order valence-electron chi connectivity index (χ0n) is 14.6. The number of pyridine rings is 1. The number of hydrogen-bond donors (Lipinski definition) is 0. The van der Waals surface area contributed by atoms with E-state index in [1.165, 1.54) is 0 Å². The maximum Gasteiger partial charge on any atom is 0.258 e. The van der Waals surface area contributed by atoms with E-state index in [1.807, 2.05) is 54.9 Å². The van der Waals surface area contributed by atoms with Gasteiger partial charge in [0.15, 0.2) is 16.6 Å². The van der Waals surface area contributed by atoms with Gasteiger partial charge in [-0.3, -0.25) is 0 Å². The molecular formula is C18H17N5O2S. The van der Waals surface area contributed by atoms with E-state index in [-0.39, 0.29) is 5.25 Å². The molecule has 7 nitrogen and oxygen atoms in total. The van der Waals surface area contributed by atoms with Gasteiger partial charge in [-0.05, 0) is 37.3 Å². The lowest BCUT2D eigenvalue weighted by Gasteiger charge is -2.06. The van der Waals surface area contributed by atoms with Crippen molar-refractivity contribution in [3.8, 4) is 17.2 Å². The molecule has 1 unspecified atom stereocenters. The van der Waals surface area contributed by atoms with Crippen LogP contribution in [0.3, 0.4) is 0 Å². The zero-order valence-corrected chi connectivity index (χ0v) is 15.4. The van der Waals surface area contributed by atoms with Gasteiger partial charge in [-0.15, -0.1) is 0 Å². The Balaban J connectivity index is 1.57. The number of imidazole rings is 1. The van der Waals surface area contributed by atoms with E-state index in [0.717, 1.165) is 27.6 Å². The number of aryl methyl sites for hydroxylation is 1. The average molecular weight is 367 g/mol. The summed E-state index contributed by atoms with van der Waals surface area (Å²) in [4.78, 5) is 13.4. The molecule has 0 amide bonds. The Bertz CT molecular complexity index is 1060. The molecule has 1 aromatic carbocycles. The van der Waals surface area contributed by atoms with Gasteiger partial charge in [-0.2, -0.15) is 4.98 Å². The molecule has 26 heavy (non-hydrogen) atoms. The summed E-state index contributed by atoms with van der Waals surface area (Å²) in [5, 5.41) is 4.97. The van der Waals surface area contributed by atoms with Crippen molar-refractivity contribution in [3.05, 3.63) is 48.4 Å². The van der Waals surface area contributed by atoms with Gasteiger partial charge in [0.05, 0.1) is 17.9 Å². The van der Waals surface area contributed by atoms with Crippen molar-refractivity contribution < 1.29 is 9.26 Å². The zero-order chi connectivity index (χ0) is 18.1. The summed E-state index contributed by atoms with van der Waals surface area (Å²) >= 11 is 1.57. The molecule has 0 N–H and O–H groups in total. The third-order valence-corrected chi connectivity index (χ3v) is 5.16. The molecule has 1 atom stereocenters. The fourth-order valence-electron chi connectivity index (χ4n) is 2.59. The molecule has 132 valence electrons. The molecule has 0 aliphatic rings. The Hall–Kier alpha value is -2.87. The van der Waals surface area contributed by atoms with E-state index in [1.54, 1.807) is 25.1 Å². The summed E-state index contributed by atoms with van der Waals surface area (Å²) in [5.74, 6) is 1.84. The molecule has 0 radical (unpaired) electrons. The fraction of sp³-hybridized carbons (Fsp3) is 0.222. The second-order valence-electron chi connectivity index (χ2n) is 5.75. The first-order chi connectivity index (χ1) is 12.7. The lowest BCUT2D eigenvalue weighted by molar-refractivity contribution is 0.412. The van der Waals surface area contributed by atoms with Crippen LogP contribution in [0.2, 0.25) is 0 Å². The van der Waals surface area contributed by atoms with Crippen molar-refractivity contribution in [2.75, 3.05) is 7.11 Å². The molecule has 3 heterocycles. The minimum atomic E-state index is -0.0198. The number of nitrogens with zero attached hydrogens (tertiary/aromatic N) is 5. The normalized spacial score (nSPS) is 12.4. The monoisotopic (exact) mass is 367 g/mol. The lowest BCUT2D eigenvalue weighted by Crippen LogP contribution is -1.96. The molecule has 0 spiro atoms. The molecule has 0 saturated carbocycles. The van der Waals surface area contributed by atoms with Crippen LogP contribution in [-0.2, 0) is 7.05 Å². The molecule has 8 heteroatoms. The summed E-state index contributed by atoms with van der Waals surface area (Å²) in [6, 6.07) is 11.4. The van der Waals surface area contributed by atoms with Crippen molar-refractivity contribution in [1.29, 1.82) is 0 Å². The molecule has 0 aliphatic heterocycles. The number of benzene rings is 1. The highest BCUT2D eigenvalue weighted by Gasteiger charge is 2.19. The Morgan fingerprint density at radius 2 is 2.08 bits per heavy atom. The first-order valence-electron chi connectivity index (χ1n) is 8.08. The summed E-state index contributed by atoms with van der Waals surface area (Å²) in [6.45, 7) is 2.03. The van der Waals surface area contributed by atoms with Crippen molar-refractivity contribution in [3.63, 3.8) is 0 Å². The number of thioether (sulfide) groups is 1. The third kappa shape index (κ3) is 3.03. The van der Waals surface area contributed by atoms with E-state index in [4.69, 9.17) is 9.26 Å². The highest BCUT2D eigenvalue weighted by Crippen LogP contribution is 2.34. The van der Waals surface area contributed by atoms with Gasteiger partial charge < -0.3 is 13.8 Å². The molecule has 4 aromatic rings. The van der Waals surface area contributed by atoms with Crippen LogP contribution < -0.4 is 4.74 Å². The standard InChI is InChI=1S/C18H17N5O2S/c1-11(26-18-21-16-14(23(18)2)8-5-9-19-16)15-20-17(25-22-15)12-6-4-7-13(10-12)24-3/h4-11H,1-3H3. The van der Waals surface area contributed by atoms with Gasteiger partial charge in [0.25, 0.3) is 5.89 Å². The van der Waals surface area contributed by atoms with Crippen LogP contribution in [-0.4, -0.2) is 31.8 Å². The largest absolute Gasteiger partial charge is 0.497 e. The van der Waals surface area contributed by atoms with Crippen molar-refractivity contribution in [1.82, 2.24) is 24.7 Å². The van der Waals surface area contributed by atoms with Crippen molar-refractivity contribution in [2.45, 2.75) is 17.3 Å². The quantitative estimate of drug-likeness (QED) is 0.495. The van der Waals surface area contributed by atoms with Crippen LogP contribution in [0, 0.1) is 0 Å². The van der Waals surface area contributed by atoms with Gasteiger partial charge >= 0.3 is 0 Å². The first-order valence-corrected chi connectivity index (χ1v) is 8.96. The minimum absolute atomic E-state index is 0.0198. The maximum atomic E-state index is 5.43. The third-order valence-electron chi connectivity index (χ3n) is 4.02. The topological polar surface area (TPSA) is 78.9 Å². The van der Waals surface area contributed by atoms with E-state index < -0.39 is 0 Å². The molecule has 0 fully saturated rings. The summed E-state index contributed by atoms with van der Waals surface area (Å²) in [5.41, 5.74) is 2.55. The van der Waals surface area contributed by atoms with E-state index in [9.17, 15) is 0 Å². The maximum absolute atomic E-state index is 5.43. The highest BCUT2D eigenvalue weighted by molar-refractivity contribution is 7.99. The molecule has 3 aromatic heterocycles. The number of hydrogen-bond acceptors (Lipinski definition) is 7. The van der Waals surface area contributed by atoms with Crippen LogP contribution in [0.1, 0.15) is 18.0 Å². The van der Waals surface area contributed by atoms with Gasteiger partial charge in [-0.1, -0.05) is 23.0 Å². The summed E-state index contributed by atoms with van der Waals surface area (Å²) < 4.78 is 12.7. The Morgan fingerprint density at radius 3 is 2.88 bits per heavy atom. The molecule has 4 rings (SSSR count). The second kappa shape index (κ2) is 6.80. The smallest absolute Gasteiger partial charge is 0.258 e. The molecule has 0 saturated heterocycles. The molecule has 0 bridgehead atoms. The van der Waals surface area contributed by atoms with Gasteiger partial charge in [0.1, 0.15) is 5.75 Å². The number of fused-ring (bicyclic) bond motifs is 1. The van der Waals surface area contributed by atoms with Crippen LogP contribution in [0.4, 0.5) is 0 Å². The lowest BCUT2D eigenvalue weighted by atomic mass is 10.2. The molecule has 0 aliphatic carbocycles. The van der Waals surface area contributed by atoms with Gasteiger partial charge in [-0.25, -0.2) is 9.97 Å². The van der Waals surface area contributed by atoms with E-state index in [2.05, 4.69) is 20.1 Å². The van der Waals surface area contributed by atoms with Crippen LogP contribution in [0.15, 0.2) is 52.3 Å². The fourth-order valence-corrected chi connectivity index (χ4v) is 3.51. The Morgan fingerprint density at radius 1 is 1.19 bits per heavy atom. The Labute approximate surface area is 154 Å². The van der Waals surface area contributed by atoms with Crippen molar-refractivity contribution >= 4 is 22.9 Å².